The SMILES string of the molecule is C=C(C)C(=O)OCC1OC[C@@H](OC(=O)C(=C)C)[C@@H](OC(=O)C(=C)C)[C@@H]1C1=C(C(=O)C(=C)C)[CH]1.C=CC(=O)O.C=CC(=O)O[C@H]1[C@H](C2=C(C(=O)C=C)[CH]2)C(C)OC[C@H]1OC(=O)C=C. The zero-order chi connectivity index (χ0) is 47.2. The molecular weight excluding hydrogens is 808 g/mol. The summed E-state index contributed by atoms with van der Waals surface area (Å²) in [5.41, 5.74) is 3.02. The van der Waals surface area contributed by atoms with E-state index < -0.39 is 78.2 Å². The van der Waals surface area contributed by atoms with Crippen molar-refractivity contribution in [3.05, 3.63) is 134 Å². The van der Waals surface area contributed by atoms with Gasteiger partial charge in [0.05, 0.1) is 25.2 Å². The van der Waals surface area contributed by atoms with Gasteiger partial charge in [-0.1, -0.05) is 52.6 Å². The van der Waals surface area contributed by atoms with Crippen molar-refractivity contribution in [2.75, 3.05) is 19.8 Å². The Bertz CT molecular complexity index is 2010. The Morgan fingerprint density at radius 1 is 0.629 bits per heavy atom. The number of carboxylic acids is 1. The van der Waals surface area contributed by atoms with Gasteiger partial charge in [0.15, 0.2) is 36.0 Å². The summed E-state index contributed by atoms with van der Waals surface area (Å²) in [4.78, 5) is 93.3. The van der Waals surface area contributed by atoms with Crippen LogP contribution in [0.25, 0.3) is 0 Å². The molecule has 2 fully saturated rings. The molecule has 0 bridgehead atoms. The smallest absolute Gasteiger partial charge is 0.333 e. The van der Waals surface area contributed by atoms with Crippen LogP contribution in [-0.2, 0) is 71.5 Å². The van der Waals surface area contributed by atoms with Gasteiger partial charge >= 0.3 is 35.8 Å². The lowest BCUT2D eigenvalue weighted by atomic mass is 9.86. The van der Waals surface area contributed by atoms with Crippen LogP contribution in [0.1, 0.15) is 34.6 Å². The first kappa shape index (κ1) is 51.6. The zero-order valence-electron chi connectivity index (χ0n) is 35.4. The fourth-order valence-corrected chi connectivity index (χ4v) is 5.93. The van der Waals surface area contributed by atoms with Crippen LogP contribution in [-0.4, -0.2) is 109 Å². The van der Waals surface area contributed by atoms with E-state index in [1.54, 1.807) is 26.7 Å². The molecule has 16 heteroatoms. The molecule has 0 aromatic rings. The molecule has 2 aliphatic heterocycles. The number of rotatable bonds is 18. The van der Waals surface area contributed by atoms with Gasteiger partial charge < -0.3 is 38.3 Å². The number of hydrogen-bond donors (Lipinski definition) is 1. The van der Waals surface area contributed by atoms with Gasteiger partial charge in [-0.3, -0.25) is 9.59 Å². The Hall–Kier alpha value is -6.52. The first-order valence-corrected chi connectivity index (χ1v) is 18.9. The summed E-state index contributed by atoms with van der Waals surface area (Å²) in [6, 6.07) is 0. The van der Waals surface area contributed by atoms with Crippen molar-refractivity contribution >= 4 is 47.4 Å². The van der Waals surface area contributed by atoms with E-state index in [-0.39, 0.29) is 54.2 Å². The monoisotopic (exact) mass is 860 g/mol. The molecule has 0 aromatic carbocycles. The van der Waals surface area contributed by atoms with Gasteiger partial charge in [-0.15, -0.1) is 0 Å². The topological polar surface area (TPSA) is 221 Å². The second kappa shape index (κ2) is 23.5. The van der Waals surface area contributed by atoms with Crippen LogP contribution < -0.4 is 0 Å². The predicted molar refractivity (Wildman–Crippen MR) is 223 cm³/mol. The fourth-order valence-electron chi connectivity index (χ4n) is 5.93. The minimum absolute atomic E-state index is 0.0738. The molecule has 2 aliphatic carbocycles. The number of aliphatic carboxylic acids is 1. The van der Waals surface area contributed by atoms with Gasteiger partial charge in [-0.25, -0.2) is 28.8 Å². The van der Waals surface area contributed by atoms with Crippen LogP contribution in [0.4, 0.5) is 0 Å². The molecule has 1 N–H and O–H groups in total. The van der Waals surface area contributed by atoms with Crippen molar-refractivity contribution in [2.45, 2.75) is 71.2 Å². The highest BCUT2D eigenvalue weighted by Gasteiger charge is 2.52. The van der Waals surface area contributed by atoms with Gasteiger partial charge in [0.25, 0.3) is 0 Å². The first-order chi connectivity index (χ1) is 29.0. The molecular formula is C46H52O16. The summed E-state index contributed by atoms with van der Waals surface area (Å²) in [5.74, 6) is -5.92. The van der Waals surface area contributed by atoms with E-state index in [1.807, 2.05) is 0 Å². The third-order valence-electron chi connectivity index (χ3n) is 9.15. The molecule has 0 spiro atoms. The number of Topliss-reactive ketones (excluding diaryl/α,β-unsaturated/α-hetero) is 1. The largest absolute Gasteiger partial charge is 0.478 e. The van der Waals surface area contributed by atoms with Gasteiger partial charge in [-0.2, -0.15) is 0 Å². The van der Waals surface area contributed by atoms with Gasteiger partial charge in [0.2, 0.25) is 0 Å². The summed E-state index contributed by atoms with van der Waals surface area (Å²) in [5, 5.41) is 7.60. The quantitative estimate of drug-likeness (QED) is 0.114. The standard InChI is InChI=1S/C25H29O8.C18H19O6.C3H4O2/c1-12(2)21(26)17-9-16(17)20-18(10-31-23(27)13(3)4)30-11-19(32-24(28)14(5)6)22(20)33-25(29)15(7)8;1-5-13(19)11-8-12(11)17-10(4)22-9-14(23-15(20)6-2)18(17)24-16(21)7-3;1-2-3(4)5/h9,18-20,22H,1,3,5,7,10-11H2,2,4,6,8H3;5-8,10,14,17-18H,1-3,9H2,4H3;2H,1H2,(H,4,5)/t18?,19-,20-,22-;10?,14-,17+,18-;/m11./s1. The summed E-state index contributed by atoms with van der Waals surface area (Å²) >= 11 is 0. The number of carbonyl (C=O) groups excluding carboxylic acids is 7. The normalized spacial score (nSPS) is 24.2. The molecule has 4 aliphatic rings. The highest BCUT2D eigenvalue weighted by Crippen LogP contribution is 2.46. The van der Waals surface area contributed by atoms with Crippen molar-refractivity contribution < 1.29 is 76.6 Å². The number of allylic oxidation sites excluding steroid dienone is 4. The Balaban J connectivity index is 0.000000399. The van der Waals surface area contributed by atoms with Crippen molar-refractivity contribution in [1.82, 2.24) is 0 Å². The van der Waals surface area contributed by atoms with Crippen LogP contribution in [0.15, 0.2) is 122 Å². The molecule has 62 heavy (non-hydrogen) atoms. The van der Waals surface area contributed by atoms with Crippen LogP contribution in [0.2, 0.25) is 0 Å². The average Bonchev–Trinajstić information content (AvgIpc) is 4.17. The second-order valence-electron chi connectivity index (χ2n) is 14.2. The molecule has 2 radical (unpaired) electrons. The molecule has 16 nitrogen and oxygen atoms in total. The molecule has 0 saturated carbocycles. The average molecular weight is 861 g/mol. The number of ether oxygens (including phenoxy) is 7. The predicted octanol–water partition coefficient (Wildman–Crippen LogP) is 4.50. The summed E-state index contributed by atoms with van der Waals surface area (Å²) in [6.07, 6.45) is 2.72. The van der Waals surface area contributed by atoms with Crippen LogP contribution >= 0.6 is 0 Å². The van der Waals surface area contributed by atoms with Crippen molar-refractivity contribution in [1.29, 1.82) is 0 Å². The Kier molecular flexibility index (Phi) is 19.5. The molecule has 2 saturated heterocycles. The number of carboxylic acid groups (broad SMARTS) is 1. The zero-order valence-corrected chi connectivity index (χ0v) is 35.4. The lowest BCUT2D eigenvalue weighted by Crippen LogP contribution is -2.54. The van der Waals surface area contributed by atoms with Crippen molar-refractivity contribution in [2.24, 2.45) is 11.8 Å². The summed E-state index contributed by atoms with van der Waals surface area (Å²) < 4.78 is 38.6. The highest BCUT2D eigenvalue weighted by atomic mass is 16.6. The maximum atomic E-state index is 12.5. The first-order valence-electron chi connectivity index (χ1n) is 18.9. The van der Waals surface area contributed by atoms with Crippen LogP contribution in [0, 0.1) is 24.7 Å². The third-order valence-corrected chi connectivity index (χ3v) is 9.15. The highest BCUT2D eigenvalue weighted by molar-refractivity contribution is 6.14. The maximum Gasteiger partial charge on any atom is 0.333 e. The van der Waals surface area contributed by atoms with E-state index in [0.717, 1.165) is 18.2 Å². The Morgan fingerprint density at radius 3 is 1.60 bits per heavy atom. The number of esters is 5. The number of carbonyl (C=O) groups is 8. The molecule has 332 valence electrons. The Morgan fingerprint density at radius 2 is 1.10 bits per heavy atom. The molecule has 0 amide bonds. The van der Waals surface area contributed by atoms with E-state index >= 15 is 0 Å². The number of hydrogen-bond acceptors (Lipinski definition) is 15. The van der Waals surface area contributed by atoms with Crippen LogP contribution in [0.3, 0.4) is 0 Å². The van der Waals surface area contributed by atoms with E-state index in [1.165, 1.54) is 26.8 Å². The molecule has 2 heterocycles. The third kappa shape index (κ3) is 14.6. The van der Waals surface area contributed by atoms with E-state index in [9.17, 15) is 38.4 Å². The molecule has 2 unspecified atom stereocenters. The number of ketones is 2. The lowest BCUT2D eigenvalue weighted by molar-refractivity contribution is -0.201. The Labute approximate surface area is 360 Å². The second-order valence-corrected chi connectivity index (χ2v) is 14.2. The van der Waals surface area contributed by atoms with Gasteiger partial charge in [0, 0.05) is 64.9 Å². The minimum Gasteiger partial charge on any atom is -0.478 e. The summed E-state index contributed by atoms with van der Waals surface area (Å²) in [6.45, 7) is 35.1. The molecule has 0 aromatic heterocycles. The summed E-state index contributed by atoms with van der Waals surface area (Å²) in [7, 11) is 0. The fraction of sp³-hybridized carbons (Fsp3) is 0.348. The lowest BCUT2D eigenvalue weighted by Gasteiger charge is -2.40. The van der Waals surface area contributed by atoms with Crippen LogP contribution in [0.5, 0.6) is 0 Å². The molecule has 8 atom stereocenters. The maximum absolute atomic E-state index is 12.5. The van der Waals surface area contributed by atoms with E-state index in [0.29, 0.717) is 27.9 Å². The molecule has 4 rings (SSSR count). The van der Waals surface area contributed by atoms with Gasteiger partial charge in [-0.05, 0) is 57.4 Å². The minimum atomic E-state index is -1.03. The van der Waals surface area contributed by atoms with Gasteiger partial charge in [0.1, 0.15) is 12.7 Å². The van der Waals surface area contributed by atoms with Crippen molar-refractivity contribution in [3.63, 3.8) is 0 Å². The van der Waals surface area contributed by atoms with Crippen molar-refractivity contribution in [3.8, 4) is 0 Å². The van der Waals surface area contributed by atoms with E-state index in [2.05, 4.69) is 52.6 Å². The van der Waals surface area contributed by atoms with E-state index in [4.69, 9.17) is 38.3 Å².